The van der Waals surface area contributed by atoms with Crippen LogP contribution in [0.4, 0.5) is 4.39 Å². The molecule has 0 bridgehead atoms. The van der Waals surface area contributed by atoms with Gasteiger partial charge < -0.3 is 4.74 Å². The van der Waals surface area contributed by atoms with E-state index in [-0.39, 0.29) is 11.7 Å². The van der Waals surface area contributed by atoms with Crippen molar-refractivity contribution in [2.24, 2.45) is 0 Å². The summed E-state index contributed by atoms with van der Waals surface area (Å²) >= 11 is 12.4. The van der Waals surface area contributed by atoms with E-state index in [4.69, 9.17) is 16.3 Å². The summed E-state index contributed by atoms with van der Waals surface area (Å²) in [5, 5.41) is 0.371. The highest BCUT2D eigenvalue weighted by Gasteiger charge is 2.08. The van der Waals surface area contributed by atoms with Gasteiger partial charge in [-0.25, -0.2) is 9.37 Å². The molecular weight excluding hydrogens is 376 g/mol. The van der Waals surface area contributed by atoms with Gasteiger partial charge in [-0.3, -0.25) is 0 Å². The van der Waals surface area contributed by atoms with Crippen molar-refractivity contribution in [3.63, 3.8) is 0 Å². The zero-order chi connectivity index (χ0) is 12.4. The third kappa shape index (κ3) is 3.18. The Morgan fingerprint density at radius 1 is 1.24 bits per heavy atom. The molecule has 0 unspecified atom stereocenters. The maximum Gasteiger partial charge on any atom is 0.238 e. The van der Waals surface area contributed by atoms with Gasteiger partial charge in [0.2, 0.25) is 5.88 Å². The van der Waals surface area contributed by atoms with Gasteiger partial charge in [-0.05, 0) is 56.1 Å². The molecule has 0 aliphatic carbocycles. The van der Waals surface area contributed by atoms with E-state index in [9.17, 15) is 4.39 Å². The molecule has 0 saturated heterocycles. The molecule has 0 fully saturated rings. The molecule has 1 heterocycles. The van der Waals surface area contributed by atoms with Gasteiger partial charge >= 0.3 is 0 Å². The first kappa shape index (κ1) is 12.8. The summed E-state index contributed by atoms with van der Waals surface area (Å²) in [5.74, 6) is 0.365. The Bertz CT molecular complexity index is 516. The zero-order valence-electron chi connectivity index (χ0n) is 8.25. The van der Waals surface area contributed by atoms with Gasteiger partial charge in [0.15, 0.2) is 0 Å². The average Bonchev–Trinajstić information content (AvgIpc) is 2.25. The predicted molar refractivity (Wildman–Crippen MR) is 71.1 cm³/mol. The highest BCUT2D eigenvalue weighted by Crippen LogP contribution is 2.33. The minimum Gasteiger partial charge on any atom is -0.436 e. The van der Waals surface area contributed by atoms with E-state index in [0.29, 0.717) is 15.2 Å². The monoisotopic (exact) mass is 379 g/mol. The number of benzene rings is 1. The number of hydrogen-bond donors (Lipinski definition) is 0. The number of ether oxygens (including phenoxy) is 1. The Morgan fingerprint density at radius 2 is 2.00 bits per heavy atom. The van der Waals surface area contributed by atoms with Crippen molar-refractivity contribution in [2.75, 3.05) is 0 Å². The predicted octanol–water partition coefficient (Wildman–Crippen LogP) is 5.19. The number of nitrogens with zero attached hydrogens (tertiary/aromatic N) is 1. The number of aromatic nitrogens is 1. The van der Waals surface area contributed by atoms with Gasteiger partial charge in [0.25, 0.3) is 0 Å². The van der Waals surface area contributed by atoms with Crippen LogP contribution in [-0.2, 0) is 0 Å². The molecule has 2 nitrogen and oxygen atoms in total. The van der Waals surface area contributed by atoms with Gasteiger partial charge in [-0.15, -0.1) is 0 Å². The van der Waals surface area contributed by atoms with Crippen LogP contribution in [0.2, 0.25) is 5.02 Å². The summed E-state index contributed by atoms with van der Waals surface area (Å²) < 4.78 is 19.6. The Hall–Kier alpha value is -0.650. The van der Waals surface area contributed by atoms with Crippen LogP contribution in [0.1, 0.15) is 0 Å². The molecule has 0 atom stereocenters. The van der Waals surface area contributed by atoms with Crippen LogP contribution in [0.5, 0.6) is 11.6 Å². The average molecular weight is 381 g/mol. The lowest BCUT2D eigenvalue weighted by Crippen LogP contribution is -1.90. The number of rotatable bonds is 2. The maximum atomic E-state index is 12.9. The smallest absolute Gasteiger partial charge is 0.238 e. The second-order valence-corrected chi connectivity index (χ2v) is 5.29. The Balaban J connectivity index is 2.31. The van der Waals surface area contributed by atoms with Crippen LogP contribution in [0.25, 0.3) is 0 Å². The summed E-state index contributed by atoms with van der Waals surface area (Å²) in [6.45, 7) is 0. The highest BCUT2D eigenvalue weighted by molar-refractivity contribution is 9.10. The normalized spacial score (nSPS) is 10.4. The first-order chi connectivity index (χ1) is 8.06. The molecule has 0 aliphatic rings. The van der Waals surface area contributed by atoms with Gasteiger partial charge in [-0.1, -0.05) is 11.6 Å². The maximum absolute atomic E-state index is 12.9. The van der Waals surface area contributed by atoms with Crippen molar-refractivity contribution in [3.05, 3.63) is 50.2 Å². The van der Waals surface area contributed by atoms with Gasteiger partial charge in [0, 0.05) is 10.7 Å². The molecule has 0 amide bonds. The van der Waals surface area contributed by atoms with Gasteiger partial charge in [0.1, 0.15) is 16.6 Å². The van der Waals surface area contributed by atoms with Crippen molar-refractivity contribution in [1.29, 1.82) is 0 Å². The molecule has 88 valence electrons. The van der Waals surface area contributed by atoms with E-state index in [1.54, 1.807) is 12.3 Å². The highest BCUT2D eigenvalue weighted by atomic mass is 79.9. The fourth-order valence-electron chi connectivity index (χ4n) is 1.14. The van der Waals surface area contributed by atoms with Crippen molar-refractivity contribution in [3.8, 4) is 11.6 Å². The summed E-state index contributed by atoms with van der Waals surface area (Å²) in [7, 11) is 0. The molecular formula is C11H5Br2ClFNO. The summed E-state index contributed by atoms with van der Waals surface area (Å²) in [6, 6.07) is 5.77. The van der Waals surface area contributed by atoms with Crippen LogP contribution in [0.3, 0.4) is 0 Å². The van der Waals surface area contributed by atoms with Gasteiger partial charge in [-0.2, -0.15) is 0 Å². The second kappa shape index (κ2) is 5.33. The second-order valence-electron chi connectivity index (χ2n) is 3.12. The van der Waals surface area contributed by atoms with Crippen LogP contribution in [0, 0.1) is 5.82 Å². The van der Waals surface area contributed by atoms with Crippen LogP contribution in [0.15, 0.2) is 39.4 Å². The van der Waals surface area contributed by atoms with Crippen molar-refractivity contribution < 1.29 is 9.13 Å². The molecule has 1 aromatic heterocycles. The summed E-state index contributed by atoms with van der Waals surface area (Å²) in [6.07, 6.45) is 1.57. The van der Waals surface area contributed by atoms with E-state index < -0.39 is 0 Å². The largest absolute Gasteiger partial charge is 0.436 e. The Morgan fingerprint density at radius 3 is 2.65 bits per heavy atom. The lowest BCUT2D eigenvalue weighted by Gasteiger charge is -2.08. The van der Waals surface area contributed by atoms with Crippen LogP contribution < -0.4 is 4.74 Å². The van der Waals surface area contributed by atoms with Crippen molar-refractivity contribution >= 4 is 43.5 Å². The molecule has 0 spiro atoms. The van der Waals surface area contributed by atoms with Gasteiger partial charge in [0.05, 0.1) is 4.47 Å². The van der Waals surface area contributed by atoms with Crippen molar-refractivity contribution in [2.45, 2.75) is 0 Å². The van der Waals surface area contributed by atoms with Crippen LogP contribution >= 0.6 is 43.5 Å². The van der Waals surface area contributed by atoms with E-state index >= 15 is 0 Å². The van der Waals surface area contributed by atoms with E-state index in [1.165, 1.54) is 18.2 Å². The first-order valence-electron chi connectivity index (χ1n) is 4.50. The minimum atomic E-state index is -0.348. The standard InChI is InChI=1S/C11H5Br2ClFNO/c12-6-3-9(14)11(16-5-6)17-10-2-1-7(15)4-8(10)13/h1-5H. The first-order valence-corrected chi connectivity index (χ1v) is 6.46. The fraction of sp³-hybridized carbons (Fsp3) is 0. The van der Waals surface area contributed by atoms with E-state index in [0.717, 1.165) is 4.47 Å². The molecule has 0 N–H and O–H groups in total. The summed E-state index contributed by atoms with van der Waals surface area (Å²) in [4.78, 5) is 4.02. The molecule has 17 heavy (non-hydrogen) atoms. The third-order valence-corrected chi connectivity index (χ3v) is 3.20. The lowest BCUT2D eigenvalue weighted by atomic mass is 10.3. The number of halogens is 4. The molecule has 1 aromatic carbocycles. The molecule has 0 saturated carbocycles. The quantitative estimate of drug-likeness (QED) is 0.714. The number of pyridine rings is 1. The molecule has 0 radical (unpaired) electrons. The fourth-order valence-corrected chi connectivity index (χ4v) is 2.24. The van der Waals surface area contributed by atoms with Crippen LogP contribution in [-0.4, -0.2) is 4.98 Å². The summed E-state index contributed by atoms with van der Waals surface area (Å²) in [5.41, 5.74) is 0. The Labute approximate surface area is 119 Å². The van der Waals surface area contributed by atoms with E-state index in [1.807, 2.05) is 0 Å². The molecule has 0 aliphatic heterocycles. The van der Waals surface area contributed by atoms with E-state index in [2.05, 4.69) is 36.8 Å². The molecule has 6 heteroatoms. The lowest BCUT2D eigenvalue weighted by molar-refractivity contribution is 0.458. The third-order valence-electron chi connectivity index (χ3n) is 1.87. The minimum absolute atomic E-state index is 0.266. The molecule has 2 rings (SSSR count). The topological polar surface area (TPSA) is 22.1 Å². The SMILES string of the molecule is Fc1ccc(Oc2ncc(Br)cc2Cl)c(Br)c1. The zero-order valence-corrected chi connectivity index (χ0v) is 12.2. The Kier molecular flexibility index (Phi) is 4.01. The number of hydrogen-bond acceptors (Lipinski definition) is 2. The molecule has 2 aromatic rings. The van der Waals surface area contributed by atoms with Crippen molar-refractivity contribution in [1.82, 2.24) is 4.98 Å².